The van der Waals surface area contributed by atoms with Crippen molar-refractivity contribution in [3.63, 3.8) is 0 Å². The van der Waals surface area contributed by atoms with E-state index in [-0.39, 0.29) is 6.03 Å². The summed E-state index contributed by atoms with van der Waals surface area (Å²) in [5, 5.41) is 7.91. The lowest BCUT2D eigenvalue weighted by atomic mass is 10.3. The predicted molar refractivity (Wildman–Crippen MR) is 90.0 cm³/mol. The molecule has 0 bridgehead atoms. The Kier molecular flexibility index (Phi) is 5.74. The lowest BCUT2D eigenvalue weighted by molar-refractivity contribution is 0.261. The number of urea groups is 1. The van der Waals surface area contributed by atoms with Crippen LogP contribution in [0.3, 0.4) is 0 Å². The summed E-state index contributed by atoms with van der Waals surface area (Å²) in [4.78, 5) is 18.1. The number of thiazole rings is 1. The molecule has 2 rings (SSSR count). The van der Waals surface area contributed by atoms with Gasteiger partial charge in [-0.1, -0.05) is 0 Å². The second-order valence-corrected chi connectivity index (χ2v) is 5.91. The zero-order valence-electron chi connectivity index (χ0n) is 12.9. The van der Waals surface area contributed by atoms with Crippen LogP contribution in [0.4, 0.5) is 15.6 Å². The van der Waals surface area contributed by atoms with Crippen LogP contribution in [0.25, 0.3) is 0 Å². The lowest BCUT2D eigenvalue weighted by Crippen LogP contribution is -2.20. The molecule has 6 nitrogen and oxygen atoms in total. The quantitative estimate of drug-likeness (QED) is 0.858. The molecule has 2 N–H and O–H groups in total. The maximum absolute atomic E-state index is 11.8. The predicted octanol–water partition coefficient (Wildman–Crippen LogP) is 3.04. The molecule has 0 radical (unpaired) electrons. The van der Waals surface area contributed by atoms with Gasteiger partial charge in [0.25, 0.3) is 0 Å². The Morgan fingerprint density at radius 2 is 2.00 bits per heavy atom. The number of benzene rings is 1. The van der Waals surface area contributed by atoms with Crippen LogP contribution in [0.15, 0.2) is 29.6 Å². The summed E-state index contributed by atoms with van der Waals surface area (Å²) in [5.74, 6) is 0.781. The number of aromatic nitrogens is 1. The van der Waals surface area contributed by atoms with Gasteiger partial charge in [-0.05, 0) is 45.3 Å². The number of likely N-dealkylation sites (N-methyl/N-ethyl adjacent to an activating group) is 1. The largest absolute Gasteiger partial charge is 0.492 e. The second-order valence-electron chi connectivity index (χ2n) is 5.05. The number of carbonyl (C=O) groups excluding carboxylic acids is 1. The molecule has 0 aliphatic rings. The molecule has 2 aromatic rings. The van der Waals surface area contributed by atoms with Crippen molar-refractivity contribution in [2.45, 2.75) is 6.92 Å². The fraction of sp³-hybridized carbons (Fsp3) is 0.333. The first-order valence-corrected chi connectivity index (χ1v) is 7.78. The van der Waals surface area contributed by atoms with Crippen molar-refractivity contribution in [3.05, 3.63) is 35.3 Å². The van der Waals surface area contributed by atoms with Crippen LogP contribution in [-0.2, 0) is 0 Å². The SMILES string of the molecule is Cc1csc(NC(=O)Nc2ccc(OCCN(C)C)cc2)n1. The van der Waals surface area contributed by atoms with Crippen molar-refractivity contribution in [2.75, 3.05) is 37.9 Å². The molecular weight excluding hydrogens is 300 g/mol. The molecule has 1 heterocycles. The summed E-state index contributed by atoms with van der Waals surface area (Å²) in [5.41, 5.74) is 1.59. The van der Waals surface area contributed by atoms with E-state index in [9.17, 15) is 4.79 Å². The molecule has 118 valence electrons. The molecule has 1 aromatic heterocycles. The van der Waals surface area contributed by atoms with E-state index in [2.05, 4.69) is 20.5 Å². The molecule has 0 saturated carbocycles. The van der Waals surface area contributed by atoms with E-state index in [0.717, 1.165) is 18.0 Å². The third-order valence-electron chi connectivity index (χ3n) is 2.76. The summed E-state index contributed by atoms with van der Waals surface area (Å²) in [6, 6.07) is 6.96. The fourth-order valence-electron chi connectivity index (χ4n) is 1.65. The third-order valence-corrected chi connectivity index (χ3v) is 3.63. The van der Waals surface area contributed by atoms with Gasteiger partial charge < -0.3 is 15.0 Å². The minimum atomic E-state index is -0.310. The zero-order valence-corrected chi connectivity index (χ0v) is 13.7. The van der Waals surface area contributed by atoms with E-state index < -0.39 is 0 Å². The summed E-state index contributed by atoms with van der Waals surface area (Å²) in [6.45, 7) is 3.37. The van der Waals surface area contributed by atoms with Crippen molar-refractivity contribution in [2.24, 2.45) is 0 Å². The van der Waals surface area contributed by atoms with Crippen LogP contribution in [-0.4, -0.2) is 43.2 Å². The molecule has 0 atom stereocenters. The van der Waals surface area contributed by atoms with E-state index in [1.165, 1.54) is 11.3 Å². The number of hydrogen-bond donors (Lipinski definition) is 2. The lowest BCUT2D eigenvalue weighted by Gasteiger charge is -2.11. The van der Waals surface area contributed by atoms with Crippen molar-refractivity contribution in [3.8, 4) is 5.75 Å². The average Bonchev–Trinajstić information content (AvgIpc) is 2.85. The van der Waals surface area contributed by atoms with Crippen molar-refractivity contribution < 1.29 is 9.53 Å². The maximum atomic E-state index is 11.8. The summed E-state index contributed by atoms with van der Waals surface area (Å²) < 4.78 is 5.60. The number of nitrogens with zero attached hydrogens (tertiary/aromatic N) is 2. The van der Waals surface area contributed by atoms with Gasteiger partial charge in [0.2, 0.25) is 0 Å². The minimum Gasteiger partial charge on any atom is -0.492 e. The second kappa shape index (κ2) is 7.77. The highest BCUT2D eigenvalue weighted by atomic mass is 32.1. The molecule has 0 aliphatic carbocycles. The van der Waals surface area contributed by atoms with Gasteiger partial charge in [0, 0.05) is 17.6 Å². The summed E-state index contributed by atoms with van der Waals surface area (Å²) >= 11 is 1.40. The Bertz CT molecular complexity index is 610. The van der Waals surface area contributed by atoms with Gasteiger partial charge in [-0.25, -0.2) is 9.78 Å². The van der Waals surface area contributed by atoms with Crippen LogP contribution in [0.1, 0.15) is 5.69 Å². The van der Waals surface area contributed by atoms with Crippen molar-refractivity contribution in [1.82, 2.24) is 9.88 Å². The number of hydrogen-bond acceptors (Lipinski definition) is 5. The number of nitrogens with one attached hydrogen (secondary N) is 2. The molecule has 0 fully saturated rings. The van der Waals surface area contributed by atoms with Crippen LogP contribution < -0.4 is 15.4 Å². The third kappa shape index (κ3) is 5.34. The van der Waals surface area contributed by atoms with E-state index in [1.54, 1.807) is 12.1 Å². The van der Waals surface area contributed by atoms with E-state index in [0.29, 0.717) is 17.4 Å². The number of ether oxygens (including phenoxy) is 1. The van der Waals surface area contributed by atoms with Crippen LogP contribution in [0, 0.1) is 6.92 Å². The van der Waals surface area contributed by atoms with Gasteiger partial charge in [-0.15, -0.1) is 11.3 Å². The van der Waals surface area contributed by atoms with Gasteiger partial charge in [0.05, 0.1) is 5.69 Å². The number of carbonyl (C=O) groups is 1. The highest BCUT2D eigenvalue weighted by molar-refractivity contribution is 7.13. The van der Waals surface area contributed by atoms with Gasteiger partial charge >= 0.3 is 6.03 Å². The fourth-order valence-corrected chi connectivity index (χ4v) is 2.33. The molecule has 0 aliphatic heterocycles. The zero-order chi connectivity index (χ0) is 15.9. The van der Waals surface area contributed by atoms with Gasteiger partial charge in [-0.2, -0.15) is 0 Å². The Labute approximate surface area is 134 Å². The normalized spacial score (nSPS) is 10.5. The van der Waals surface area contributed by atoms with Gasteiger partial charge in [0.1, 0.15) is 12.4 Å². The van der Waals surface area contributed by atoms with E-state index in [4.69, 9.17) is 4.74 Å². The van der Waals surface area contributed by atoms with Crippen molar-refractivity contribution >= 4 is 28.2 Å². The topological polar surface area (TPSA) is 66.5 Å². The van der Waals surface area contributed by atoms with Crippen molar-refractivity contribution in [1.29, 1.82) is 0 Å². The molecule has 1 aromatic carbocycles. The maximum Gasteiger partial charge on any atom is 0.325 e. The number of amides is 2. The van der Waals surface area contributed by atoms with Gasteiger partial charge in [-0.3, -0.25) is 5.32 Å². The highest BCUT2D eigenvalue weighted by Crippen LogP contribution is 2.17. The smallest absolute Gasteiger partial charge is 0.325 e. The molecule has 0 unspecified atom stereocenters. The Hall–Kier alpha value is -2.12. The molecule has 22 heavy (non-hydrogen) atoms. The van der Waals surface area contributed by atoms with Crippen LogP contribution in [0.2, 0.25) is 0 Å². The average molecular weight is 320 g/mol. The molecular formula is C15H20N4O2S. The highest BCUT2D eigenvalue weighted by Gasteiger charge is 2.05. The van der Waals surface area contributed by atoms with Crippen LogP contribution in [0.5, 0.6) is 5.75 Å². The number of anilines is 2. The molecule has 7 heteroatoms. The number of aryl methyl sites for hydroxylation is 1. The molecule has 0 saturated heterocycles. The summed E-state index contributed by atoms with van der Waals surface area (Å²) in [6.07, 6.45) is 0. The Balaban J connectivity index is 1.81. The first-order chi connectivity index (χ1) is 10.5. The van der Waals surface area contributed by atoms with Gasteiger partial charge in [0.15, 0.2) is 5.13 Å². The minimum absolute atomic E-state index is 0.310. The summed E-state index contributed by atoms with van der Waals surface area (Å²) in [7, 11) is 4.00. The van der Waals surface area contributed by atoms with E-state index >= 15 is 0 Å². The molecule has 0 spiro atoms. The first kappa shape index (κ1) is 16.3. The Morgan fingerprint density at radius 3 is 2.59 bits per heavy atom. The first-order valence-electron chi connectivity index (χ1n) is 6.90. The Morgan fingerprint density at radius 1 is 1.27 bits per heavy atom. The van der Waals surface area contributed by atoms with Crippen LogP contribution >= 0.6 is 11.3 Å². The monoisotopic (exact) mass is 320 g/mol. The number of rotatable bonds is 6. The molecule has 2 amide bonds. The standard InChI is InChI=1S/C15H20N4O2S/c1-11-10-22-15(16-11)18-14(20)17-12-4-6-13(7-5-12)21-9-8-19(2)3/h4-7,10H,8-9H2,1-3H3,(H2,16,17,18,20). The van der Waals surface area contributed by atoms with E-state index in [1.807, 2.05) is 38.5 Å².